The third-order valence-corrected chi connectivity index (χ3v) is 5.52. The van der Waals surface area contributed by atoms with Crippen LogP contribution in [0.3, 0.4) is 0 Å². The molecule has 4 nitrogen and oxygen atoms in total. The minimum absolute atomic E-state index is 0.133. The summed E-state index contributed by atoms with van der Waals surface area (Å²) in [6, 6.07) is 6.90. The molecule has 0 aliphatic heterocycles. The van der Waals surface area contributed by atoms with E-state index in [0.717, 1.165) is 24.8 Å². The van der Waals surface area contributed by atoms with Crippen molar-refractivity contribution in [2.24, 2.45) is 5.41 Å². The highest BCUT2D eigenvalue weighted by Crippen LogP contribution is 2.39. The van der Waals surface area contributed by atoms with Crippen molar-refractivity contribution in [3.8, 4) is 0 Å². The number of aliphatic hydroxyl groups is 1. The molecule has 112 valence electrons. The predicted molar refractivity (Wildman–Crippen MR) is 79.0 cm³/mol. The summed E-state index contributed by atoms with van der Waals surface area (Å²) in [4.78, 5) is 0.313. The van der Waals surface area contributed by atoms with E-state index < -0.39 is 10.0 Å². The maximum absolute atomic E-state index is 12.2. The average Bonchev–Trinajstić information content (AvgIpc) is 2.41. The Morgan fingerprint density at radius 3 is 2.40 bits per heavy atom. The highest BCUT2D eigenvalue weighted by molar-refractivity contribution is 7.89. The molecule has 1 saturated carbocycles. The Morgan fingerprint density at radius 2 is 1.90 bits per heavy atom. The summed E-state index contributed by atoms with van der Waals surface area (Å²) in [7, 11) is -3.41. The molecule has 0 saturated heterocycles. The van der Waals surface area contributed by atoms with Crippen LogP contribution in [0, 0.1) is 5.41 Å². The Balaban J connectivity index is 1.98. The van der Waals surface area contributed by atoms with E-state index >= 15 is 0 Å². The molecular formula is C15H23NO3S. The Kier molecular flexibility index (Phi) is 4.83. The third kappa shape index (κ3) is 3.81. The lowest BCUT2D eigenvalue weighted by Crippen LogP contribution is -2.39. The van der Waals surface area contributed by atoms with Gasteiger partial charge < -0.3 is 5.11 Å². The molecule has 2 N–H and O–H groups in total. The minimum atomic E-state index is -3.41. The Hall–Kier alpha value is -0.910. The highest BCUT2D eigenvalue weighted by Gasteiger charge is 2.32. The van der Waals surface area contributed by atoms with Crippen molar-refractivity contribution >= 4 is 10.0 Å². The highest BCUT2D eigenvalue weighted by atomic mass is 32.2. The van der Waals surface area contributed by atoms with Gasteiger partial charge in [0.25, 0.3) is 0 Å². The zero-order valence-electron chi connectivity index (χ0n) is 11.9. The van der Waals surface area contributed by atoms with Gasteiger partial charge in [0, 0.05) is 13.2 Å². The minimum Gasteiger partial charge on any atom is -0.396 e. The predicted octanol–water partition coefficient (Wildman–Crippen LogP) is 2.08. The molecule has 0 spiro atoms. The average molecular weight is 297 g/mol. The second-order valence-corrected chi connectivity index (χ2v) is 7.73. The topological polar surface area (TPSA) is 66.4 Å². The van der Waals surface area contributed by atoms with Crippen molar-refractivity contribution in [3.05, 3.63) is 29.8 Å². The molecule has 2 rings (SSSR count). The summed E-state index contributed by atoms with van der Waals surface area (Å²) in [5.74, 6) is 0. The lowest BCUT2D eigenvalue weighted by atomic mass is 9.71. The van der Waals surface area contributed by atoms with Gasteiger partial charge in [0.2, 0.25) is 10.0 Å². The van der Waals surface area contributed by atoms with Crippen molar-refractivity contribution < 1.29 is 13.5 Å². The molecule has 0 aromatic heterocycles. The number of hydrogen-bond acceptors (Lipinski definition) is 3. The maximum Gasteiger partial charge on any atom is 0.240 e. The first kappa shape index (κ1) is 15.5. The third-order valence-electron chi connectivity index (χ3n) is 4.11. The summed E-state index contributed by atoms with van der Waals surface area (Å²) in [6.07, 6.45) is 4.84. The van der Waals surface area contributed by atoms with Gasteiger partial charge in [-0.1, -0.05) is 25.5 Å². The molecule has 1 fully saturated rings. The molecule has 5 heteroatoms. The molecule has 1 aliphatic carbocycles. The van der Waals surface area contributed by atoms with Gasteiger partial charge in [-0.25, -0.2) is 13.1 Å². The van der Waals surface area contributed by atoms with Crippen LogP contribution in [0.4, 0.5) is 0 Å². The van der Waals surface area contributed by atoms with E-state index in [1.54, 1.807) is 12.1 Å². The lowest BCUT2D eigenvalue weighted by Gasteiger charge is -2.38. The summed E-state index contributed by atoms with van der Waals surface area (Å²) in [6.45, 7) is 2.79. The van der Waals surface area contributed by atoms with Crippen molar-refractivity contribution in [1.29, 1.82) is 0 Å². The van der Waals surface area contributed by atoms with Crippen molar-refractivity contribution in [3.63, 3.8) is 0 Å². The molecule has 0 radical (unpaired) electrons. The number of sulfonamides is 1. The first-order chi connectivity index (χ1) is 9.45. The van der Waals surface area contributed by atoms with E-state index in [4.69, 9.17) is 5.11 Å². The Morgan fingerprint density at radius 1 is 1.25 bits per heavy atom. The summed E-state index contributed by atoms with van der Waals surface area (Å²) < 4.78 is 27.1. The fourth-order valence-corrected chi connectivity index (χ4v) is 3.63. The zero-order chi connectivity index (χ0) is 14.6. The lowest BCUT2D eigenvalue weighted by molar-refractivity contribution is 0.166. The zero-order valence-corrected chi connectivity index (χ0v) is 12.7. The number of aryl methyl sites for hydroxylation is 1. The molecule has 0 unspecified atom stereocenters. The molecule has 0 atom stereocenters. The maximum atomic E-state index is 12.2. The van der Waals surface area contributed by atoms with Crippen LogP contribution in [0.25, 0.3) is 0 Å². The van der Waals surface area contributed by atoms with E-state index in [-0.39, 0.29) is 12.0 Å². The molecule has 1 aliphatic rings. The van der Waals surface area contributed by atoms with Crippen LogP contribution >= 0.6 is 0 Å². The van der Waals surface area contributed by atoms with Crippen LogP contribution in [0.2, 0.25) is 0 Å². The van der Waals surface area contributed by atoms with Crippen molar-refractivity contribution in [2.45, 2.75) is 43.9 Å². The summed E-state index contributed by atoms with van der Waals surface area (Å²) >= 11 is 0. The van der Waals surface area contributed by atoms with Crippen LogP contribution in [0.15, 0.2) is 29.2 Å². The van der Waals surface area contributed by atoms with Gasteiger partial charge in [-0.3, -0.25) is 0 Å². The summed E-state index contributed by atoms with van der Waals surface area (Å²) in [5, 5.41) is 8.78. The Bertz CT molecular complexity index is 533. The van der Waals surface area contributed by atoms with Crippen molar-refractivity contribution in [2.75, 3.05) is 13.2 Å². The smallest absolute Gasteiger partial charge is 0.240 e. The van der Waals surface area contributed by atoms with Gasteiger partial charge in [0.15, 0.2) is 0 Å². The molecule has 0 amide bonds. The van der Waals surface area contributed by atoms with Crippen LogP contribution in [0.5, 0.6) is 0 Å². The standard InChI is InChI=1S/C15H23NO3S/c1-15(9-3-10-15)12-16-20(18,19)14-7-5-13(6-8-14)4-2-11-17/h5-8,16-17H,2-4,9-12H2,1H3. The van der Waals surface area contributed by atoms with Crippen LogP contribution < -0.4 is 4.72 Å². The van der Waals surface area contributed by atoms with E-state index in [9.17, 15) is 8.42 Å². The molecule has 0 bridgehead atoms. The SMILES string of the molecule is CC1(CNS(=O)(=O)c2ccc(CCCO)cc2)CCC1. The largest absolute Gasteiger partial charge is 0.396 e. The number of nitrogens with one attached hydrogen (secondary N) is 1. The van der Waals surface area contributed by atoms with E-state index in [2.05, 4.69) is 11.6 Å². The van der Waals surface area contributed by atoms with E-state index in [1.165, 1.54) is 6.42 Å². The molecule has 0 heterocycles. The number of hydrogen-bond donors (Lipinski definition) is 2. The molecular weight excluding hydrogens is 274 g/mol. The van der Waals surface area contributed by atoms with Gasteiger partial charge in [-0.15, -0.1) is 0 Å². The van der Waals surface area contributed by atoms with Gasteiger partial charge in [-0.2, -0.15) is 0 Å². The normalized spacial score (nSPS) is 17.7. The molecule has 1 aromatic rings. The van der Waals surface area contributed by atoms with Crippen molar-refractivity contribution in [1.82, 2.24) is 4.72 Å². The van der Waals surface area contributed by atoms with Gasteiger partial charge in [-0.05, 0) is 48.8 Å². The fourth-order valence-electron chi connectivity index (χ4n) is 2.43. The first-order valence-electron chi connectivity index (χ1n) is 7.15. The first-order valence-corrected chi connectivity index (χ1v) is 8.63. The molecule has 20 heavy (non-hydrogen) atoms. The van der Waals surface area contributed by atoms with Gasteiger partial charge in [0.1, 0.15) is 0 Å². The summed E-state index contributed by atoms with van der Waals surface area (Å²) in [5.41, 5.74) is 1.18. The van der Waals surface area contributed by atoms with E-state index in [1.807, 2.05) is 12.1 Å². The second kappa shape index (κ2) is 6.24. The number of aliphatic hydroxyl groups excluding tert-OH is 1. The second-order valence-electron chi connectivity index (χ2n) is 5.96. The number of rotatable bonds is 7. The van der Waals surface area contributed by atoms with Crippen LogP contribution in [0.1, 0.15) is 38.2 Å². The van der Waals surface area contributed by atoms with E-state index in [0.29, 0.717) is 17.9 Å². The molecule has 1 aromatic carbocycles. The quantitative estimate of drug-likeness (QED) is 0.810. The van der Waals surface area contributed by atoms with Gasteiger partial charge >= 0.3 is 0 Å². The van der Waals surface area contributed by atoms with Crippen LogP contribution in [-0.4, -0.2) is 26.7 Å². The van der Waals surface area contributed by atoms with Gasteiger partial charge in [0.05, 0.1) is 4.90 Å². The monoisotopic (exact) mass is 297 g/mol. The van der Waals surface area contributed by atoms with Crippen LogP contribution in [-0.2, 0) is 16.4 Å². The number of benzene rings is 1. The Labute approximate surface area is 121 Å². The fraction of sp³-hybridized carbons (Fsp3) is 0.600.